The largest absolute Gasteiger partial charge is 0.481 e. The summed E-state index contributed by atoms with van der Waals surface area (Å²) in [6.45, 7) is 2.97. The molecule has 4 nitrogen and oxygen atoms in total. The molecule has 0 bridgehead atoms. The van der Waals surface area contributed by atoms with Gasteiger partial charge >= 0.3 is 0 Å². The van der Waals surface area contributed by atoms with Crippen molar-refractivity contribution in [3.05, 3.63) is 77.4 Å². The summed E-state index contributed by atoms with van der Waals surface area (Å²) >= 11 is 0. The molecular weight excluding hydrogens is 398 g/mol. The summed E-state index contributed by atoms with van der Waals surface area (Å²) in [5.41, 5.74) is 0.444. The van der Waals surface area contributed by atoms with Gasteiger partial charge in [0, 0.05) is 19.0 Å². The molecule has 0 radical (unpaired) electrons. The fraction of sp³-hybridized carbons (Fsp3) is 0.280. The number of fused-ring (bicyclic) bond motifs is 1. The molecule has 0 fully saturated rings. The Hall–Kier alpha value is -3.46. The van der Waals surface area contributed by atoms with E-state index in [9.17, 15) is 13.6 Å². The van der Waals surface area contributed by atoms with Crippen molar-refractivity contribution in [2.24, 2.45) is 0 Å². The van der Waals surface area contributed by atoms with Crippen LogP contribution >= 0.6 is 0 Å². The number of nitrogens with zero attached hydrogens (tertiary/aromatic N) is 1. The maximum absolute atomic E-state index is 13.9. The highest BCUT2D eigenvalue weighted by Crippen LogP contribution is 2.33. The molecule has 1 unspecified atom stereocenters. The molecule has 3 aromatic carbocycles. The van der Waals surface area contributed by atoms with Crippen molar-refractivity contribution in [1.82, 2.24) is 5.32 Å². The first-order chi connectivity index (χ1) is 14.8. The molecule has 1 N–H and O–H groups in total. The van der Waals surface area contributed by atoms with Crippen LogP contribution in [0.3, 0.4) is 0 Å². The van der Waals surface area contributed by atoms with Gasteiger partial charge < -0.3 is 10.1 Å². The zero-order valence-corrected chi connectivity index (χ0v) is 17.5. The number of hydrogen-bond donors (Lipinski definition) is 1. The topological polar surface area (TPSA) is 62.1 Å². The number of halogens is 2. The Kier molecular flexibility index (Phi) is 6.86. The van der Waals surface area contributed by atoms with Gasteiger partial charge in [-0.1, -0.05) is 55.8 Å². The lowest BCUT2D eigenvalue weighted by molar-refractivity contribution is -0.128. The van der Waals surface area contributed by atoms with Gasteiger partial charge in [-0.2, -0.15) is 5.26 Å². The molecule has 0 saturated heterocycles. The summed E-state index contributed by atoms with van der Waals surface area (Å²) < 4.78 is 33.5. The van der Waals surface area contributed by atoms with Crippen LogP contribution in [-0.4, -0.2) is 12.0 Å². The van der Waals surface area contributed by atoms with E-state index < -0.39 is 17.6 Å². The summed E-state index contributed by atoms with van der Waals surface area (Å²) in [5.74, 6) is -3.38. The standard InChI is InChI=1S/C25H24F2N2O2/c1-3-7-23(31-20-13-12-18(15-28)22(14-20)25(2,26)27)24(30)29-16-19-10-6-9-17-8-4-5-11-21(17)19/h4-6,8-14,23H,3,7,16H2,1-2H3,(H,29,30). The number of carbonyl (C=O) groups is 1. The molecule has 160 valence electrons. The van der Waals surface area contributed by atoms with Crippen molar-refractivity contribution in [2.75, 3.05) is 0 Å². The lowest BCUT2D eigenvalue weighted by Crippen LogP contribution is -2.38. The van der Waals surface area contributed by atoms with E-state index in [0.29, 0.717) is 19.4 Å². The maximum Gasteiger partial charge on any atom is 0.271 e. The molecule has 0 aromatic heterocycles. The quantitative estimate of drug-likeness (QED) is 0.507. The van der Waals surface area contributed by atoms with Crippen LogP contribution < -0.4 is 10.1 Å². The summed E-state index contributed by atoms with van der Waals surface area (Å²) in [6.07, 6.45) is 0.282. The summed E-state index contributed by atoms with van der Waals surface area (Å²) in [6, 6.07) is 19.5. The number of ether oxygens (including phenoxy) is 1. The van der Waals surface area contributed by atoms with Gasteiger partial charge in [-0.15, -0.1) is 0 Å². The molecule has 1 amide bonds. The molecule has 0 saturated carbocycles. The number of hydrogen-bond acceptors (Lipinski definition) is 3. The number of carbonyl (C=O) groups excluding carboxylic acids is 1. The highest BCUT2D eigenvalue weighted by atomic mass is 19.3. The number of nitrogens with one attached hydrogen (secondary N) is 1. The molecular formula is C25H24F2N2O2. The number of benzene rings is 3. The van der Waals surface area contributed by atoms with E-state index in [-0.39, 0.29) is 17.2 Å². The molecule has 0 aliphatic carbocycles. The van der Waals surface area contributed by atoms with Crippen LogP contribution in [-0.2, 0) is 17.3 Å². The number of rotatable bonds is 8. The van der Waals surface area contributed by atoms with E-state index in [2.05, 4.69) is 5.32 Å². The fourth-order valence-electron chi connectivity index (χ4n) is 3.47. The first-order valence-electron chi connectivity index (χ1n) is 10.2. The molecule has 3 aromatic rings. The highest BCUT2D eigenvalue weighted by Gasteiger charge is 2.29. The van der Waals surface area contributed by atoms with Crippen LogP contribution in [0.4, 0.5) is 8.78 Å². The van der Waals surface area contributed by atoms with Gasteiger partial charge in [0.25, 0.3) is 11.8 Å². The van der Waals surface area contributed by atoms with E-state index in [4.69, 9.17) is 10.00 Å². The lowest BCUT2D eigenvalue weighted by Gasteiger charge is -2.20. The van der Waals surface area contributed by atoms with Crippen molar-refractivity contribution in [1.29, 1.82) is 5.26 Å². The van der Waals surface area contributed by atoms with Crippen molar-refractivity contribution in [3.63, 3.8) is 0 Å². The Morgan fingerprint density at radius 1 is 1.16 bits per heavy atom. The average Bonchev–Trinajstić information content (AvgIpc) is 2.76. The minimum absolute atomic E-state index is 0.118. The fourth-order valence-corrected chi connectivity index (χ4v) is 3.47. The molecule has 0 aliphatic rings. The predicted octanol–water partition coefficient (Wildman–Crippen LogP) is 5.69. The van der Waals surface area contributed by atoms with Gasteiger partial charge in [-0.3, -0.25) is 4.79 Å². The van der Waals surface area contributed by atoms with Gasteiger partial charge in [-0.25, -0.2) is 8.78 Å². The third kappa shape index (κ3) is 5.37. The van der Waals surface area contributed by atoms with Gasteiger partial charge in [0.05, 0.1) is 11.6 Å². The number of nitriles is 1. The van der Waals surface area contributed by atoms with Crippen LogP contribution in [0.5, 0.6) is 5.75 Å². The van der Waals surface area contributed by atoms with E-state index in [0.717, 1.165) is 29.3 Å². The third-order valence-electron chi connectivity index (χ3n) is 5.04. The summed E-state index contributed by atoms with van der Waals surface area (Å²) in [4.78, 5) is 12.8. The van der Waals surface area contributed by atoms with Crippen LogP contribution in [0.2, 0.25) is 0 Å². The maximum atomic E-state index is 13.9. The molecule has 6 heteroatoms. The van der Waals surface area contributed by atoms with Crippen LogP contribution in [0.1, 0.15) is 43.4 Å². The molecule has 0 heterocycles. The van der Waals surface area contributed by atoms with E-state index in [1.54, 1.807) is 6.07 Å². The monoisotopic (exact) mass is 422 g/mol. The zero-order chi connectivity index (χ0) is 22.4. The molecule has 0 spiro atoms. The van der Waals surface area contributed by atoms with E-state index in [1.165, 1.54) is 12.1 Å². The van der Waals surface area contributed by atoms with E-state index >= 15 is 0 Å². The Morgan fingerprint density at radius 2 is 1.90 bits per heavy atom. The van der Waals surface area contributed by atoms with Crippen molar-refractivity contribution < 1.29 is 18.3 Å². The second-order valence-electron chi connectivity index (χ2n) is 7.46. The Balaban J connectivity index is 1.76. The van der Waals surface area contributed by atoms with Crippen molar-refractivity contribution in [2.45, 2.75) is 45.3 Å². The first-order valence-corrected chi connectivity index (χ1v) is 10.2. The predicted molar refractivity (Wildman–Crippen MR) is 116 cm³/mol. The molecule has 3 rings (SSSR count). The number of alkyl halides is 2. The van der Waals surface area contributed by atoms with Crippen LogP contribution in [0.25, 0.3) is 10.8 Å². The molecule has 0 aliphatic heterocycles. The van der Waals surface area contributed by atoms with Crippen molar-refractivity contribution in [3.8, 4) is 11.8 Å². The first kappa shape index (κ1) is 22.2. The number of amides is 1. The van der Waals surface area contributed by atoms with Crippen LogP contribution in [0, 0.1) is 11.3 Å². The van der Waals surface area contributed by atoms with Crippen LogP contribution in [0.15, 0.2) is 60.7 Å². The normalized spacial score (nSPS) is 12.2. The SMILES string of the molecule is CCCC(Oc1ccc(C#N)c(C(C)(F)F)c1)C(=O)NCc1cccc2ccccc12. The molecule has 1 atom stereocenters. The second-order valence-corrected chi connectivity index (χ2v) is 7.46. The highest BCUT2D eigenvalue weighted by molar-refractivity contribution is 5.86. The average molecular weight is 422 g/mol. The smallest absolute Gasteiger partial charge is 0.271 e. The zero-order valence-electron chi connectivity index (χ0n) is 17.5. The van der Waals surface area contributed by atoms with Gasteiger partial charge in [0.2, 0.25) is 0 Å². The summed E-state index contributed by atoms with van der Waals surface area (Å²) in [5, 5.41) is 14.1. The minimum Gasteiger partial charge on any atom is -0.481 e. The van der Waals surface area contributed by atoms with Crippen molar-refractivity contribution >= 4 is 16.7 Å². The lowest BCUT2D eigenvalue weighted by atomic mass is 10.0. The Morgan fingerprint density at radius 3 is 2.61 bits per heavy atom. The Bertz CT molecular complexity index is 1110. The second kappa shape index (κ2) is 9.57. The minimum atomic E-state index is -3.19. The third-order valence-corrected chi connectivity index (χ3v) is 5.04. The van der Waals surface area contributed by atoms with Gasteiger partial charge in [0.15, 0.2) is 6.10 Å². The Labute approximate surface area is 180 Å². The summed E-state index contributed by atoms with van der Waals surface area (Å²) in [7, 11) is 0. The van der Waals surface area contributed by atoms with Gasteiger partial charge in [-0.05, 0) is 41.0 Å². The molecule has 31 heavy (non-hydrogen) atoms. The van der Waals surface area contributed by atoms with E-state index in [1.807, 2.05) is 49.4 Å². The van der Waals surface area contributed by atoms with Gasteiger partial charge in [0.1, 0.15) is 5.75 Å².